The molecule has 0 radical (unpaired) electrons. The maximum atomic E-state index is 13.7. The average Bonchev–Trinajstić information content (AvgIpc) is 3.48. The standard InChI is InChI=1S/C26H34N2O2S/c1-3-4-15-27(26(30)20-10-6-7-11-20)18-24(29)28-16-13-23-22(14-17-31-23)25(28)21-12-8-5-9-19(21)2/h5,8-9,12,14,17,20,25H,3-4,6-7,10-11,13,15-16,18H2,1-2H3. The molecule has 0 saturated heterocycles. The summed E-state index contributed by atoms with van der Waals surface area (Å²) in [6.45, 7) is 5.86. The van der Waals surface area contributed by atoms with Gasteiger partial charge in [0.2, 0.25) is 11.8 Å². The van der Waals surface area contributed by atoms with Crippen LogP contribution in [0, 0.1) is 12.8 Å². The zero-order valence-electron chi connectivity index (χ0n) is 18.8. The summed E-state index contributed by atoms with van der Waals surface area (Å²) in [7, 11) is 0. The number of hydrogen-bond acceptors (Lipinski definition) is 3. The lowest BCUT2D eigenvalue weighted by molar-refractivity contribution is -0.144. The lowest BCUT2D eigenvalue weighted by atomic mass is 9.90. The SMILES string of the molecule is CCCCN(CC(=O)N1CCc2sccc2C1c1ccccc1C)C(=O)C1CCCC1. The van der Waals surface area contributed by atoms with Gasteiger partial charge in [0.15, 0.2) is 0 Å². The Labute approximate surface area is 190 Å². The van der Waals surface area contributed by atoms with E-state index in [0.29, 0.717) is 13.1 Å². The molecule has 4 rings (SSSR count). The molecule has 1 aromatic heterocycles. The van der Waals surface area contributed by atoms with E-state index in [0.717, 1.165) is 44.9 Å². The molecule has 2 heterocycles. The van der Waals surface area contributed by atoms with E-state index in [1.807, 2.05) is 9.80 Å². The molecule has 0 N–H and O–H groups in total. The van der Waals surface area contributed by atoms with E-state index < -0.39 is 0 Å². The molecule has 166 valence electrons. The fraction of sp³-hybridized carbons (Fsp3) is 0.538. The fourth-order valence-corrected chi connectivity index (χ4v) is 6.02. The van der Waals surface area contributed by atoms with Crippen LogP contribution < -0.4 is 0 Å². The van der Waals surface area contributed by atoms with Crippen molar-refractivity contribution in [3.8, 4) is 0 Å². The van der Waals surface area contributed by atoms with E-state index in [4.69, 9.17) is 0 Å². The van der Waals surface area contributed by atoms with Crippen molar-refractivity contribution in [1.82, 2.24) is 9.80 Å². The largest absolute Gasteiger partial charge is 0.333 e. The predicted molar refractivity (Wildman–Crippen MR) is 126 cm³/mol. The Kier molecular flexibility index (Phi) is 7.11. The van der Waals surface area contributed by atoms with Crippen molar-refractivity contribution in [3.63, 3.8) is 0 Å². The molecule has 4 nitrogen and oxygen atoms in total. The number of carbonyl (C=O) groups excluding carboxylic acids is 2. The molecule has 31 heavy (non-hydrogen) atoms. The van der Waals surface area contributed by atoms with Crippen LogP contribution in [0.25, 0.3) is 0 Å². The number of amides is 2. The third-order valence-corrected chi connectivity index (χ3v) is 7.89. The van der Waals surface area contributed by atoms with Crippen molar-refractivity contribution in [2.24, 2.45) is 5.92 Å². The summed E-state index contributed by atoms with van der Waals surface area (Å²) >= 11 is 1.79. The Morgan fingerprint density at radius 1 is 1.13 bits per heavy atom. The summed E-state index contributed by atoms with van der Waals surface area (Å²) in [5, 5.41) is 2.14. The highest BCUT2D eigenvalue weighted by Crippen LogP contribution is 2.39. The van der Waals surface area contributed by atoms with Crippen molar-refractivity contribution in [3.05, 3.63) is 57.3 Å². The number of nitrogens with zero attached hydrogens (tertiary/aromatic N) is 2. The first-order chi connectivity index (χ1) is 15.1. The first-order valence-corrected chi connectivity index (χ1v) is 12.7. The van der Waals surface area contributed by atoms with Gasteiger partial charge in [-0.1, -0.05) is 50.5 Å². The highest BCUT2D eigenvalue weighted by molar-refractivity contribution is 7.10. The maximum absolute atomic E-state index is 13.7. The molecule has 5 heteroatoms. The molecule has 1 aliphatic carbocycles. The number of fused-ring (bicyclic) bond motifs is 1. The topological polar surface area (TPSA) is 40.6 Å². The van der Waals surface area contributed by atoms with Crippen molar-refractivity contribution >= 4 is 23.2 Å². The Bertz CT molecular complexity index is 916. The summed E-state index contributed by atoms with van der Waals surface area (Å²) in [5.41, 5.74) is 3.65. The number of unbranched alkanes of at least 4 members (excludes halogenated alkanes) is 1. The smallest absolute Gasteiger partial charge is 0.242 e. The van der Waals surface area contributed by atoms with Crippen LogP contribution >= 0.6 is 11.3 Å². The Balaban J connectivity index is 1.59. The van der Waals surface area contributed by atoms with E-state index in [2.05, 4.69) is 49.6 Å². The third kappa shape index (κ3) is 4.72. The minimum atomic E-state index is -0.0571. The molecule has 2 aromatic rings. The number of rotatable bonds is 7. The summed E-state index contributed by atoms with van der Waals surface area (Å²) < 4.78 is 0. The first-order valence-electron chi connectivity index (χ1n) is 11.8. The summed E-state index contributed by atoms with van der Waals surface area (Å²) in [5.74, 6) is 0.383. The van der Waals surface area contributed by atoms with Crippen molar-refractivity contribution in [1.29, 1.82) is 0 Å². The number of thiophene rings is 1. The van der Waals surface area contributed by atoms with Gasteiger partial charge in [-0.2, -0.15) is 0 Å². The van der Waals surface area contributed by atoms with Crippen LogP contribution in [-0.4, -0.2) is 41.2 Å². The van der Waals surface area contributed by atoms with Gasteiger partial charge in [0.05, 0.1) is 12.6 Å². The van der Waals surface area contributed by atoms with Gasteiger partial charge >= 0.3 is 0 Å². The van der Waals surface area contributed by atoms with E-state index in [-0.39, 0.29) is 30.3 Å². The first kappa shape index (κ1) is 22.1. The van der Waals surface area contributed by atoms with Crippen molar-refractivity contribution in [2.75, 3.05) is 19.6 Å². The van der Waals surface area contributed by atoms with Crippen LogP contribution in [0.5, 0.6) is 0 Å². The van der Waals surface area contributed by atoms with Gasteiger partial charge in [0.1, 0.15) is 0 Å². The Morgan fingerprint density at radius 3 is 2.65 bits per heavy atom. The Hall–Kier alpha value is -2.14. The van der Waals surface area contributed by atoms with Gasteiger partial charge in [0.25, 0.3) is 0 Å². The highest BCUT2D eigenvalue weighted by atomic mass is 32.1. The number of carbonyl (C=O) groups is 2. The quantitative estimate of drug-likeness (QED) is 0.585. The van der Waals surface area contributed by atoms with E-state index in [1.54, 1.807) is 11.3 Å². The molecule has 0 spiro atoms. The molecule has 2 aliphatic rings. The summed E-state index contributed by atoms with van der Waals surface area (Å²) in [6, 6.07) is 10.5. The van der Waals surface area contributed by atoms with Gasteiger partial charge in [-0.25, -0.2) is 0 Å². The van der Waals surface area contributed by atoms with Crippen LogP contribution in [0.15, 0.2) is 35.7 Å². The van der Waals surface area contributed by atoms with Gasteiger partial charge in [0, 0.05) is 23.9 Å². The molecule has 1 aromatic carbocycles. The van der Waals surface area contributed by atoms with E-state index in [9.17, 15) is 9.59 Å². The summed E-state index contributed by atoms with van der Waals surface area (Å²) in [6.07, 6.45) is 7.08. The van der Waals surface area contributed by atoms with Gasteiger partial charge in [-0.15, -0.1) is 11.3 Å². The number of aryl methyl sites for hydroxylation is 1. The molecule has 1 atom stereocenters. The van der Waals surface area contributed by atoms with Crippen LogP contribution in [-0.2, 0) is 16.0 Å². The highest BCUT2D eigenvalue weighted by Gasteiger charge is 2.35. The molecular formula is C26H34N2O2S. The zero-order valence-corrected chi connectivity index (χ0v) is 19.6. The predicted octanol–water partition coefficient (Wildman–Crippen LogP) is 5.35. The van der Waals surface area contributed by atoms with Crippen molar-refractivity contribution < 1.29 is 9.59 Å². The van der Waals surface area contributed by atoms with Gasteiger partial charge in [-0.05, 0) is 60.7 Å². The van der Waals surface area contributed by atoms with Gasteiger partial charge < -0.3 is 9.80 Å². The fourth-order valence-electron chi connectivity index (χ4n) is 5.12. The zero-order chi connectivity index (χ0) is 21.8. The lowest BCUT2D eigenvalue weighted by Crippen LogP contribution is -2.48. The second kappa shape index (κ2) is 9.99. The molecule has 1 saturated carbocycles. The minimum Gasteiger partial charge on any atom is -0.333 e. The van der Waals surface area contributed by atoms with Gasteiger partial charge in [-0.3, -0.25) is 9.59 Å². The van der Waals surface area contributed by atoms with Crippen LogP contribution in [0.1, 0.15) is 73.1 Å². The summed E-state index contributed by atoms with van der Waals surface area (Å²) in [4.78, 5) is 32.1. The van der Waals surface area contributed by atoms with Crippen LogP contribution in [0.2, 0.25) is 0 Å². The van der Waals surface area contributed by atoms with Crippen LogP contribution in [0.4, 0.5) is 0 Å². The van der Waals surface area contributed by atoms with E-state index >= 15 is 0 Å². The molecule has 0 bridgehead atoms. The number of benzene rings is 1. The molecule has 2 amide bonds. The third-order valence-electron chi connectivity index (χ3n) is 6.89. The molecular weight excluding hydrogens is 404 g/mol. The van der Waals surface area contributed by atoms with E-state index in [1.165, 1.54) is 21.6 Å². The maximum Gasteiger partial charge on any atom is 0.242 e. The second-order valence-corrected chi connectivity index (χ2v) is 9.99. The molecule has 1 unspecified atom stereocenters. The Morgan fingerprint density at radius 2 is 1.90 bits per heavy atom. The monoisotopic (exact) mass is 438 g/mol. The normalized spacial score (nSPS) is 18.8. The van der Waals surface area contributed by atoms with Crippen LogP contribution in [0.3, 0.4) is 0 Å². The number of hydrogen-bond donors (Lipinski definition) is 0. The average molecular weight is 439 g/mol. The van der Waals surface area contributed by atoms with Crippen molar-refractivity contribution in [2.45, 2.75) is 64.8 Å². The second-order valence-electron chi connectivity index (χ2n) is 8.99. The molecule has 1 aliphatic heterocycles. The minimum absolute atomic E-state index is 0.0571. The molecule has 1 fully saturated rings. The lowest BCUT2D eigenvalue weighted by Gasteiger charge is -2.38.